The fourth-order valence-corrected chi connectivity index (χ4v) is 7.74. The summed E-state index contributed by atoms with van der Waals surface area (Å²) in [6.07, 6.45) is 36.6. The predicted octanol–water partition coefficient (Wildman–Crippen LogP) is 9.78. The van der Waals surface area contributed by atoms with Gasteiger partial charge in [-0.2, -0.15) is 13.2 Å². The Balaban J connectivity index is 0. The average Bonchev–Trinajstić information content (AvgIpc) is 3.30. The van der Waals surface area contributed by atoms with E-state index in [0.29, 0.717) is 19.3 Å². The van der Waals surface area contributed by atoms with Crippen molar-refractivity contribution in [2.75, 3.05) is 32.7 Å². The third kappa shape index (κ3) is 48.6. The third-order valence-corrected chi connectivity index (χ3v) is 12.0. The first-order valence-electron chi connectivity index (χ1n) is 27.0. The molecule has 0 unspecified atom stereocenters. The van der Waals surface area contributed by atoms with Crippen molar-refractivity contribution >= 4 is 41.5 Å². The Kier molecular flexibility index (Phi) is 46.7. The van der Waals surface area contributed by atoms with Crippen LogP contribution < -0.4 is 33.2 Å². The summed E-state index contributed by atoms with van der Waals surface area (Å²) >= 11 is 0. The van der Waals surface area contributed by atoms with Crippen molar-refractivity contribution in [2.24, 2.45) is 22.2 Å². The zero-order valence-corrected chi connectivity index (χ0v) is 43.5. The summed E-state index contributed by atoms with van der Waals surface area (Å²) < 4.78 is 31.7. The number of hydrogen-bond acceptors (Lipinski definition) is 7. The minimum Gasteiger partial charge on any atom is -0.475 e. The van der Waals surface area contributed by atoms with Crippen molar-refractivity contribution in [3.8, 4) is 0 Å². The number of nitrogens with one attached hydrogen (secondary N) is 3. The molecule has 0 saturated heterocycles. The van der Waals surface area contributed by atoms with E-state index in [4.69, 9.17) is 27.1 Å². The van der Waals surface area contributed by atoms with E-state index in [9.17, 15) is 37.1 Å². The SMILES string of the molecule is CCCCCCCCCCCCCCCCCC(=O)NCCN(CCNC(=O)CCCCCCCCCCCCCCCCC)C(=O)/C=C\C(=O)N[C@@H](CCCN=C(N)N)C(N)=O.O=C(O)C(F)(F)F. The van der Waals surface area contributed by atoms with Gasteiger partial charge >= 0.3 is 12.1 Å². The van der Waals surface area contributed by atoms with Crippen molar-refractivity contribution in [1.29, 1.82) is 0 Å². The van der Waals surface area contributed by atoms with Gasteiger partial charge in [-0.05, 0) is 25.7 Å². The number of unbranched alkanes of at least 4 members (excludes halogenated alkanes) is 28. The number of carboxylic acid groups (broad SMARTS) is 1. The Morgan fingerprint density at radius 2 is 0.871 bits per heavy atom. The zero-order valence-electron chi connectivity index (χ0n) is 43.5. The number of guanidine groups is 1. The van der Waals surface area contributed by atoms with E-state index in [1.54, 1.807) is 0 Å². The molecule has 0 aromatic rings. The quantitative estimate of drug-likeness (QED) is 0.0132. The second-order valence-corrected chi connectivity index (χ2v) is 18.5. The maximum Gasteiger partial charge on any atom is 0.490 e. The molecule has 0 radical (unpaired) electrons. The molecule has 0 bridgehead atoms. The maximum atomic E-state index is 13.3. The number of primary amides is 1. The molecule has 0 aromatic heterocycles. The average molecular weight is 1000 g/mol. The second-order valence-electron chi connectivity index (χ2n) is 18.5. The smallest absolute Gasteiger partial charge is 0.475 e. The molecule has 5 amide bonds. The summed E-state index contributed by atoms with van der Waals surface area (Å²) in [4.78, 5) is 77.3. The van der Waals surface area contributed by atoms with E-state index in [1.165, 1.54) is 159 Å². The summed E-state index contributed by atoms with van der Waals surface area (Å²) in [5, 5.41) is 15.5. The Morgan fingerprint density at radius 1 is 0.543 bits per heavy atom. The number of nitrogens with zero attached hydrogens (tertiary/aromatic N) is 2. The van der Waals surface area contributed by atoms with Gasteiger partial charge in [0.15, 0.2) is 5.96 Å². The van der Waals surface area contributed by atoms with Crippen LogP contribution in [0.15, 0.2) is 17.1 Å². The fourth-order valence-electron chi connectivity index (χ4n) is 7.74. The largest absolute Gasteiger partial charge is 0.490 e. The van der Waals surface area contributed by atoms with Gasteiger partial charge in [-0.15, -0.1) is 0 Å². The van der Waals surface area contributed by atoms with Crippen LogP contribution >= 0.6 is 0 Å². The van der Waals surface area contributed by atoms with Gasteiger partial charge in [-0.25, -0.2) is 4.79 Å². The summed E-state index contributed by atoms with van der Waals surface area (Å²) in [7, 11) is 0. The van der Waals surface area contributed by atoms with Crippen LogP contribution in [0.5, 0.6) is 0 Å². The third-order valence-electron chi connectivity index (χ3n) is 12.0. The number of halogens is 3. The molecule has 0 aliphatic carbocycles. The van der Waals surface area contributed by atoms with E-state index >= 15 is 0 Å². The number of alkyl halides is 3. The van der Waals surface area contributed by atoms with E-state index in [2.05, 4.69) is 34.8 Å². The molecule has 0 aliphatic rings. The lowest BCUT2D eigenvalue weighted by molar-refractivity contribution is -0.192. The molecule has 15 nitrogen and oxygen atoms in total. The molecule has 0 aliphatic heterocycles. The lowest BCUT2D eigenvalue weighted by Gasteiger charge is -2.22. The van der Waals surface area contributed by atoms with Crippen molar-refractivity contribution in [1.82, 2.24) is 20.9 Å². The highest BCUT2D eigenvalue weighted by Gasteiger charge is 2.38. The molecule has 0 fully saturated rings. The predicted molar refractivity (Wildman–Crippen MR) is 276 cm³/mol. The topological polar surface area (TPSA) is 252 Å². The van der Waals surface area contributed by atoms with Gasteiger partial charge in [0.1, 0.15) is 6.04 Å². The summed E-state index contributed by atoms with van der Waals surface area (Å²) in [5.74, 6) is -4.76. The van der Waals surface area contributed by atoms with Crippen LogP contribution in [0.1, 0.15) is 232 Å². The number of carbonyl (C=O) groups is 6. The molecule has 1 atom stereocenters. The van der Waals surface area contributed by atoms with Crippen LogP contribution in [0, 0.1) is 0 Å². The van der Waals surface area contributed by atoms with Crippen molar-refractivity contribution in [3.05, 3.63) is 12.2 Å². The highest BCUT2D eigenvalue weighted by atomic mass is 19.4. The second kappa shape index (κ2) is 48.3. The number of carboxylic acids is 1. The number of hydrogen-bond donors (Lipinski definition) is 7. The lowest BCUT2D eigenvalue weighted by atomic mass is 10.0. The molecule has 18 heteroatoms. The maximum absolute atomic E-state index is 13.3. The van der Waals surface area contributed by atoms with Crippen LogP contribution in [-0.4, -0.2) is 96.4 Å². The van der Waals surface area contributed by atoms with Crippen LogP contribution in [0.4, 0.5) is 13.2 Å². The van der Waals surface area contributed by atoms with Gasteiger partial charge in [0.05, 0.1) is 0 Å². The fraction of sp³-hybridized carbons (Fsp3) is 0.827. The van der Waals surface area contributed by atoms with E-state index in [-0.39, 0.29) is 56.9 Å². The van der Waals surface area contributed by atoms with E-state index in [0.717, 1.165) is 50.7 Å². The van der Waals surface area contributed by atoms with Crippen LogP contribution in [0.2, 0.25) is 0 Å². The first-order valence-corrected chi connectivity index (χ1v) is 27.0. The van der Waals surface area contributed by atoms with Crippen LogP contribution in [0.3, 0.4) is 0 Å². The van der Waals surface area contributed by atoms with Crippen molar-refractivity contribution in [3.63, 3.8) is 0 Å². The number of nitrogens with two attached hydrogens (primary N) is 3. The number of aliphatic imine (C=N–C) groups is 1. The molecule has 0 saturated carbocycles. The summed E-state index contributed by atoms with van der Waals surface area (Å²) in [5.41, 5.74) is 16.1. The van der Waals surface area contributed by atoms with Crippen LogP contribution in [-0.2, 0) is 28.8 Å². The highest BCUT2D eigenvalue weighted by molar-refractivity contribution is 5.98. The lowest BCUT2D eigenvalue weighted by Crippen LogP contribution is -2.44. The van der Waals surface area contributed by atoms with Crippen molar-refractivity contribution < 1.29 is 47.0 Å². The Labute approximate surface area is 419 Å². The minimum atomic E-state index is -5.08. The van der Waals surface area contributed by atoms with Crippen molar-refractivity contribution in [2.45, 2.75) is 244 Å². The Morgan fingerprint density at radius 3 is 1.17 bits per heavy atom. The van der Waals surface area contributed by atoms with Gasteiger partial charge in [0.2, 0.25) is 29.5 Å². The standard InChI is InChI=1S/C50H96N8O5.C2HF3O2/c1-3-5-7-9-11-13-15-17-19-21-23-25-27-29-31-35-45(59)54-40-42-58(48(62)38-37-47(61)57-44(49(51)63)34-33-39-56-50(52)53)43-41-55-46(60)36-32-30-28-26-24-22-20-18-16-14-12-10-8-6-4-2;3-2(4,5)1(6)7/h37-38,44H,3-36,39-43H2,1-2H3,(H2,51,63)(H,54,59)(H,55,60)(H,57,61)(H4,52,53,56);(H,6,7)/b38-37-;/t44-;/m0./s1. The highest BCUT2D eigenvalue weighted by Crippen LogP contribution is 2.16. The molecule has 0 rings (SSSR count). The Bertz CT molecular complexity index is 1360. The molecule has 0 heterocycles. The summed E-state index contributed by atoms with van der Waals surface area (Å²) in [6, 6.07) is -0.956. The zero-order chi connectivity index (χ0) is 52.5. The first kappa shape index (κ1) is 67.7. The van der Waals surface area contributed by atoms with Crippen LogP contribution in [0.25, 0.3) is 0 Å². The summed E-state index contributed by atoms with van der Waals surface area (Å²) in [6.45, 7) is 5.70. The normalized spacial score (nSPS) is 11.6. The molecular formula is C52H97F3N8O7. The van der Waals surface area contributed by atoms with Gasteiger partial charge in [0, 0.05) is 57.7 Å². The number of carbonyl (C=O) groups excluding carboxylic acids is 5. The molecule has 70 heavy (non-hydrogen) atoms. The number of amides is 5. The molecule has 408 valence electrons. The minimum absolute atomic E-state index is 0.0545. The molecule has 0 spiro atoms. The number of aliphatic carboxylic acids is 1. The number of rotatable bonds is 46. The van der Waals surface area contributed by atoms with Gasteiger partial charge < -0.3 is 43.2 Å². The van der Waals surface area contributed by atoms with Gasteiger partial charge in [-0.1, -0.05) is 194 Å². The molecule has 0 aromatic carbocycles. The van der Waals surface area contributed by atoms with Gasteiger partial charge in [-0.3, -0.25) is 29.0 Å². The van der Waals surface area contributed by atoms with E-state index in [1.807, 2.05) is 0 Å². The molecule has 10 N–H and O–H groups in total. The molecular weight excluding hydrogens is 906 g/mol. The van der Waals surface area contributed by atoms with E-state index < -0.39 is 35.9 Å². The van der Waals surface area contributed by atoms with Gasteiger partial charge in [0.25, 0.3) is 0 Å². The first-order chi connectivity index (χ1) is 33.5. The Hall–Kier alpha value is -4.38. The monoisotopic (exact) mass is 1000 g/mol.